The molecule has 2 aromatic carbocycles. The molecule has 0 saturated heterocycles. The summed E-state index contributed by atoms with van der Waals surface area (Å²) in [6.45, 7) is 0. The number of anilines is 3. The van der Waals surface area contributed by atoms with Crippen molar-refractivity contribution in [3.63, 3.8) is 0 Å². The van der Waals surface area contributed by atoms with Crippen LogP contribution in [0.25, 0.3) is 0 Å². The Hall–Kier alpha value is -2.02. The molecule has 0 aromatic heterocycles. The molecule has 4 nitrogen and oxygen atoms in total. The predicted octanol–water partition coefficient (Wildman–Crippen LogP) is 4.07. The van der Waals surface area contributed by atoms with Crippen LogP contribution in [0.1, 0.15) is 0 Å². The zero-order chi connectivity index (χ0) is 15.6. The van der Waals surface area contributed by atoms with Gasteiger partial charge in [0.2, 0.25) is 0 Å². The molecule has 0 bridgehead atoms. The number of nitrogens with one attached hydrogen (secondary N) is 1. The lowest BCUT2D eigenvalue weighted by Crippen LogP contribution is -2.01. The highest BCUT2D eigenvalue weighted by Gasteiger charge is 2.13. The fraction of sp³-hybridized carbons (Fsp3) is 0.143. The normalized spacial score (nSPS) is 10.3. The van der Waals surface area contributed by atoms with Gasteiger partial charge in [-0.25, -0.2) is 8.78 Å². The summed E-state index contributed by atoms with van der Waals surface area (Å²) in [6.07, 6.45) is 0. The lowest BCUT2D eigenvalue weighted by atomic mass is 10.2. The predicted molar refractivity (Wildman–Crippen MR) is 81.3 cm³/mol. The Morgan fingerprint density at radius 1 is 0.952 bits per heavy atom. The summed E-state index contributed by atoms with van der Waals surface area (Å²) in [5.41, 5.74) is 6.53. The maximum atomic E-state index is 13.8. The monoisotopic (exact) mass is 358 g/mol. The number of rotatable bonds is 4. The Morgan fingerprint density at radius 3 is 2.19 bits per heavy atom. The van der Waals surface area contributed by atoms with Gasteiger partial charge in [0.1, 0.15) is 11.6 Å². The molecule has 21 heavy (non-hydrogen) atoms. The Bertz CT molecular complexity index is 681. The molecule has 0 amide bonds. The Balaban J connectivity index is 2.42. The number of halogens is 3. The van der Waals surface area contributed by atoms with Gasteiger partial charge in [-0.3, -0.25) is 0 Å². The van der Waals surface area contributed by atoms with Crippen LogP contribution in [0.3, 0.4) is 0 Å². The van der Waals surface area contributed by atoms with Crippen LogP contribution in [-0.2, 0) is 0 Å². The van der Waals surface area contributed by atoms with Crippen LogP contribution in [0, 0.1) is 11.6 Å². The van der Waals surface area contributed by atoms with Crippen molar-refractivity contribution >= 4 is 33.0 Å². The van der Waals surface area contributed by atoms with E-state index < -0.39 is 11.6 Å². The molecule has 112 valence electrons. The maximum Gasteiger partial charge on any atom is 0.162 e. The first-order valence-electron chi connectivity index (χ1n) is 5.89. The molecule has 2 aromatic rings. The molecule has 0 spiro atoms. The van der Waals surface area contributed by atoms with Gasteiger partial charge in [0.05, 0.1) is 35.8 Å². The Morgan fingerprint density at radius 2 is 1.57 bits per heavy atom. The third kappa shape index (κ3) is 3.18. The van der Waals surface area contributed by atoms with Gasteiger partial charge < -0.3 is 20.5 Å². The van der Waals surface area contributed by atoms with Gasteiger partial charge in [-0.2, -0.15) is 0 Å². The van der Waals surface area contributed by atoms with Crippen LogP contribution in [0.4, 0.5) is 25.8 Å². The molecule has 2 rings (SSSR count). The van der Waals surface area contributed by atoms with Crippen molar-refractivity contribution in [3.8, 4) is 11.5 Å². The van der Waals surface area contributed by atoms with E-state index in [1.807, 2.05) is 0 Å². The van der Waals surface area contributed by atoms with Gasteiger partial charge in [0.15, 0.2) is 11.5 Å². The minimum atomic E-state index is -0.613. The van der Waals surface area contributed by atoms with Crippen molar-refractivity contribution in [2.75, 3.05) is 25.3 Å². The SMILES string of the molecule is COc1cc(N)c(Nc2cc(F)c(Br)cc2F)cc1OC. The first-order valence-corrected chi connectivity index (χ1v) is 6.68. The first-order chi connectivity index (χ1) is 9.96. The molecular weight excluding hydrogens is 346 g/mol. The molecule has 3 N–H and O–H groups in total. The van der Waals surface area contributed by atoms with E-state index in [9.17, 15) is 8.78 Å². The third-order valence-electron chi connectivity index (χ3n) is 2.84. The molecule has 0 radical (unpaired) electrons. The maximum absolute atomic E-state index is 13.8. The summed E-state index contributed by atoms with van der Waals surface area (Å²) in [5, 5.41) is 2.74. The van der Waals surface area contributed by atoms with Gasteiger partial charge in [-0.1, -0.05) is 0 Å². The molecular formula is C14H13BrF2N2O2. The van der Waals surface area contributed by atoms with Gasteiger partial charge in [0.25, 0.3) is 0 Å². The fourth-order valence-electron chi connectivity index (χ4n) is 1.77. The number of methoxy groups -OCH3 is 2. The molecule has 0 unspecified atom stereocenters. The quantitative estimate of drug-likeness (QED) is 0.638. The summed E-state index contributed by atoms with van der Waals surface area (Å²) < 4.78 is 37.6. The minimum Gasteiger partial charge on any atom is -0.493 e. The second kappa shape index (κ2) is 6.17. The van der Waals surface area contributed by atoms with Crippen molar-refractivity contribution in [3.05, 3.63) is 40.4 Å². The topological polar surface area (TPSA) is 56.5 Å². The van der Waals surface area contributed by atoms with E-state index in [0.29, 0.717) is 22.9 Å². The smallest absolute Gasteiger partial charge is 0.162 e. The lowest BCUT2D eigenvalue weighted by Gasteiger charge is -2.14. The highest BCUT2D eigenvalue weighted by atomic mass is 79.9. The van der Waals surface area contributed by atoms with E-state index in [4.69, 9.17) is 15.2 Å². The first kappa shape index (κ1) is 15.4. The van der Waals surface area contributed by atoms with Crippen LogP contribution in [0.2, 0.25) is 0 Å². The van der Waals surface area contributed by atoms with E-state index >= 15 is 0 Å². The number of hydrogen-bond acceptors (Lipinski definition) is 4. The zero-order valence-corrected chi connectivity index (χ0v) is 12.9. The van der Waals surface area contributed by atoms with Crippen LogP contribution >= 0.6 is 15.9 Å². The van der Waals surface area contributed by atoms with E-state index in [0.717, 1.165) is 12.1 Å². The van der Waals surface area contributed by atoms with Crippen molar-refractivity contribution in [2.45, 2.75) is 0 Å². The second-order valence-corrected chi connectivity index (χ2v) is 5.02. The average molecular weight is 359 g/mol. The summed E-state index contributed by atoms with van der Waals surface area (Å²) in [6, 6.07) is 5.16. The lowest BCUT2D eigenvalue weighted by molar-refractivity contribution is 0.355. The zero-order valence-electron chi connectivity index (χ0n) is 11.3. The number of nitrogens with two attached hydrogens (primary N) is 1. The summed E-state index contributed by atoms with van der Waals surface area (Å²) in [5.74, 6) is -0.328. The van der Waals surface area contributed by atoms with E-state index in [1.54, 1.807) is 6.07 Å². The van der Waals surface area contributed by atoms with E-state index in [-0.39, 0.29) is 10.2 Å². The standard InChI is InChI=1S/C14H13BrF2N2O2/c1-20-13-5-10(18)12(6-14(13)21-2)19-11-4-8(16)7(15)3-9(11)17/h3-6,19H,18H2,1-2H3. The highest BCUT2D eigenvalue weighted by Crippen LogP contribution is 2.37. The second-order valence-electron chi connectivity index (χ2n) is 4.17. The number of benzene rings is 2. The van der Waals surface area contributed by atoms with Crippen molar-refractivity contribution in [1.29, 1.82) is 0 Å². The molecule has 0 aliphatic rings. The highest BCUT2D eigenvalue weighted by molar-refractivity contribution is 9.10. The molecule has 0 fully saturated rings. The van der Waals surface area contributed by atoms with Gasteiger partial charge >= 0.3 is 0 Å². The molecule has 0 aliphatic carbocycles. The molecule has 0 aliphatic heterocycles. The fourth-order valence-corrected chi connectivity index (χ4v) is 2.08. The molecule has 0 heterocycles. The van der Waals surface area contributed by atoms with Crippen LogP contribution in [-0.4, -0.2) is 14.2 Å². The summed E-state index contributed by atoms with van der Waals surface area (Å²) in [7, 11) is 2.95. The van der Waals surface area contributed by atoms with Crippen molar-refractivity contribution in [2.24, 2.45) is 0 Å². The number of ether oxygens (including phenoxy) is 2. The van der Waals surface area contributed by atoms with Gasteiger partial charge in [-0.05, 0) is 22.0 Å². The van der Waals surface area contributed by atoms with Crippen molar-refractivity contribution < 1.29 is 18.3 Å². The number of nitrogen functional groups attached to an aromatic ring is 1. The van der Waals surface area contributed by atoms with Gasteiger partial charge in [-0.15, -0.1) is 0 Å². The van der Waals surface area contributed by atoms with Gasteiger partial charge in [0, 0.05) is 18.2 Å². The van der Waals surface area contributed by atoms with Crippen LogP contribution < -0.4 is 20.5 Å². The Labute approximate surface area is 129 Å². The molecule has 0 saturated carbocycles. The summed E-state index contributed by atoms with van der Waals surface area (Å²) in [4.78, 5) is 0. The largest absolute Gasteiger partial charge is 0.493 e. The van der Waals surface area contributed by atoms with Crippen molar-refractivity contribution in [1.82, 2.24) is 0 Å². The van der Waals surface area contributed by atoms with Crippen LogP contribution in [0.15, 0.2) is 28.7 Å². The third-order valence-corrected chi connectivity index (χ3v) is 3.44. The van der Waals surface area contributed by atoms with E-state index in [2.05, 4.69) is 21.2 Å². The molecule has 7 heteroatoms. The minimum absolute atomic E-state index is 0.0328. The van der Waals surface area contributed by atoms with Crippen LogP contribution in [0.5, 0.6) is 11.5 Å². The molecule has 0 atom stereocenters. The Kier molecular flexibility index (Phi) is 4.52. The average Bonchev–Trinajstić information content (AvgIpc) is 2.46. The number of hydrogen-bond donors (Lipinski definition) is 2. The van der Waals surface area contributed by atoms with E-state index in [1.165, 1.54) is 20.3 Å². The summed E-state index contributed by atoms with van der Waals surface area (Å²) >= 11 is 2.92.